The lowest BCUT2D eigenvalue weighted by Crippen LogP contribution is -2.48. The van der Waals surface area contributed by atoms with Gasteiger partial charge in [-0.3, -0.25) is 13.8 Å². The third-order valence-corrected chi connectivity index (χ3v) is 11.5. The number of hydrogen-bond acceptors (Lipinski definition) is 6. The van der Waals surface area contributed by atoms with Gasteiger partial charge in [0, 0.05) is 23.4 Å². The first kappa shape index (κ1) is 34.5. The number of aromatic hydroxyl groups is 1. The fourth-order valence-electron chi connectivity index (χ4n) is 7.25. The van der Waals surface area contributed by atoms with Crippen LogP contribution in [0.4, 0.5) is 0 Å². The molecule has 1 spiro atoms. The van der Waals surface area contributed by atoms with E-state index >= 15 is 0 Å². The van der Waals surface area contributed by atoms with E-state index in [-0.39, 0.29) is 36.0 Å². The van der Waals surface area contributed by atoms with Crippen LogP contribution in [0.3, 0.4) is 0 Å². The topological polar surface area (TPSA) is 116 Å². The van der Waals surface area contributed by atoms with Gasteiger partial charge in [0.05, 0.1) is 23.5 Å². The number of aliphatic hydroxyl groups excluding tert-OH is 1. The van der Waals surface area contributed by atoms with E-state index in [1.807, 2.05) is 95.9 Å². The molecular formula is C40H44N2O6S. The summed E-state index contributed by atoms with van der Waals surface area (Å²) in [6, 6.07) is 35.1. The minimum atomic E-state index is -1.50. The molecular weight excluding hydrogens is 637 g/mol. The molecule has 4 aromatic carbocycles. The molecule has 9 heteroatoms. The number of rotatable bonds is 12. The quantitative estimate of drug-likeness (QED) is 0.170. The van der Waals surface area contributed by atoms with E-state index in [9.17, 15) is 24.0 Å². The van der Waals surface area contributed by atoms with E-state index in [0.29, 0.717) is 44.2 Å². The van der Waals surface area contributed by atoms with E-state index in [2.05, 4.69) is 5.32 Å². The highest BCUT2D eigenvalue weighted by Gasteiger charge is 2.46. The molecule has 2 fully saturated rings. The van der Waals surface area contributed by atoms with Crippen molar-refractivity contribution >= 4 is 22.6 Å². The molecule has 4 aromatic rings. The van der Waals surface area contributed by atoms with Crippen molar-refractivity contribution in [3.05, 3.63) is 138 Å². The van der Waals surface area contributed by atoms with Crippen molar-refractivity contribution in [3.63, 3.8) is 0 Å². The molecule has 1 saturated carbocycles. The summed E-state index contributed by atoms with van der Waals surface area (Å²) >= 11 is 0. The number of nitrogens with one attached hydrogen (secondary N) is 1. The van der Waals surface area contributed by atoms with Crippen molar-refractivity contribution < 1.29 is 28.7 Å². The first-order chi connectivity index (χ1) is 23.8. The second kappa shape index (κ2) is 15.9. The fourth-order valence-corrected chi connectivity index (χ4v) is 8.75. The van der Waals surface area contributed by atoms with E-state index in [1.165, 1.54) is 12.1 Å². The Morgan fingerprint density at radius 3 is 1.92 bits per heavy atom. The zero-order valence-corrected chi connectivity index (χ0v) is 28.3. The van der Waals surface area contributed by atoms with Crippen molar-refractivity contribution in [2.24, 2.45) is 0 Å². The molecule has 1 heterocycles. The van der Waals surface area contributed by atoms with Crippen LogP contribution in [0, 0.1) is 0 Å². The second-order valence-corrected chi connectivity index (χ2v) is 14.6. The normalized spacial score (nSPS) is 21.7. The van der Waals surface area contributed by atoms with Crippen LogP contribution in [0.1, 0.15) is 72.1 Å². The van der Waals surface area contributed by atoms with E-state index in [1.54, 1.807) is 12.1 Å². The van der Waals surface area contributed by atoms with Crippen LogP contribution in [0.2, 0.25) is 0 Å². The van der Waals surface area contributed by atoms with Crippen LogP contribution < -0.4 is 5.32 Å². The van der Waals surface area contributed by atoms with Crippen LogP contribution in [-0.4, -0.2) is 61.2 Å². The number of aliphatic hydroxyl groups is 1. The summed E-state index contributed by atoms with van der Waals surface area (Å²) in [7, 11) is -1.50. The van der Waals surface area contributed by atoms with Gasteiger partial charge in [-0.2, -0.15) is 0 Å². The SMILES string of the molecule is O=C(N[C@@H](CO)c1ccc(O)cc1)C1CCC2(CCC(N(Cc3ccccc3)C(=O)CS(=O)C(c3ccccc3)c3ccccc3)CC2)O1. The Hall–Kier alpha value is -4.31. The highest BCUT2D eigenvalue weighted by Crippen LogP contribution is 2.43. The maximum Gasteiger partial charge on any atom is 0.249 e. The molecule has 0 radical (unpaired) electrons. The highest BCUT2D eigenvalue weighted by atomic mass is 32.2. The predicted molar refractivity (Wildman–Crippen MR) is 190 cm³/mol. The number of phenols is 1. The summed E-state index contributed by atoms with van der Waals surface area (Å²) in [5.74, 6) is -0.367. The number of benzene rings is 4. The minimum Gasteiger partial charge on any atom is -0.508 e. The van der Waals surface area contributed by atoms with Gasteiger partial charge in [0.15, 0.2) is 0 Å². The summed E-state index contributed by atoms with van der Waals surface area (Å²) in [5, 5.41) is 22.0. The van der Waals surface area contributed by atoms with Crippen molar-refractivity contribution in [2.45, 2.75) is 74.1 Å². The Labute approximate surface area is 290 Å². The molecule has 6 rings (SSSR count). The van der Waals surface area contributed by atoms with Gasteiger partial charge in [0.25, 0.3) is 0 Å². The van der Waals surface area contributed by atoms with Crippen LogP contribution in [-0.2, 0) is 31.7 Å². The van der Waals surface area contributed by atoms with Gasteiger partial charge < -0.3 is 25.2 Å². The van der Waals surface area contributed by atoms with Crippen molar-refractivity contribution in [1.82, 2.24) is 10.2 Å². The zero-order valence-electron chi connectivity index (χ0n) is 27.5. The number of ether oxygens (including phenoxy) is 1. The monoisotopic (exact) mass is 680 g/mol. The van der Waals surface area contributed by atoms with Crippen molar-refractivity contribution in [1.29, 1.82) is 0 Å². The van der Waals surface area contributed by atoms with E-state index in [0.717, 1.165) is 23.1 Å². The van der Waals surface area contributed by atoms with Crippen LogP contribution >= 0.6 is 0 Å². The summed E-state index contributed by atoms with van der Waals surface area (Å²) in [4.78, 5) is 29.3. The molecule has 1 aliphatic heterocycles. The summed E-state index contributed by atoms with van der Waals surface area (Å²) in [6.45, 7) is 0.158. The van der Waals surface area contributed by atoms with Gasteiger partial charge in [0.2, 0.25) is 11.8 Å². The summed E-state index contributed by atoms with van der Waals surface area (Å²) in [5.41, 5.74) is 3.11. The zero-order chi connectivity index (χ0) is 34.2. The van der Waals surface area contributed by atoms with Gasteiger partial charge in [0.1, 0.15) is 17.6 Å². The van der Waals surface area contributed by atoms with Crippen LogP contribution in [0.25, 0.3) is 0 Å². The Balaban J connectivity index is 1.12. The Morgan fingerprint density at radius 2 is 1.35 bits per heavy atom. The van der Waals surface area contributed by atoms with Crippen LogP contribution in [0.5, 0.6) is 5.75 Å². The Bertz CT molecular complexity index is 1660. The molecule has 0 bridgehead atoms. The lowest BCUT2D eigenvalue weighted by Gasteiger charge is -2.41. The highest BCUT2D eigenvalue weighted by molar-refractivity contribution is 7.86. The summed E-state index contributed by atoms with van der Waals surface area (Å²) in [6.07, 6.45) is 3.55. The molecule has 0 aromatic heterocycles. The maximum absolute atomic E-state index is 14.2. The molecule has 256 valence electrons. The standard InChI is InChI=1S/C40H44N2O6S/c43-27-35(30-16-18-34(44)19-17-30)41-39(46)36-22-25-40(48-36)23-20-33(21-24-40)42(26-29-10-4-1-5-11-29)37(45)28-49(47)38(31-12-6-2-7-13-31)32-14-8-3-9-15-32/h1-19,33,35-36,38,43-44H,20-28H2,(H,41,46)/t33?,35-,36?,40?,49?/m0/s1. The van der Waals surface area contributed by atoms with Crippen molar-refractivity contribution in [3.8, 4) is 5.75 Å². The molecule has 2 aliphatic rings. The molecule has 3 N–H and O–H groups in total. The number of nitrogens with zero attached hydrogens (tertiary/aromatic N) is 1. The molecule has 2 unspecified atom stereocenters. The predicted octanol–water partition coefficient (Wildman–Crippen LogP) is 5.97. The third-order valence-electron chi connectivity index (χ3n) is 9.90. The lowest BCUT2D eigenvalue weighted by molar-refractivity contribution is -0.143. The number of amides is 2. The average Bonchev–Trinajstić information content (AvgIpc) is 3.55. The van der Waals surface area contributed by atoms with Gasteiger partial charge in [-0.25, -0.2) is 0 Å². The van der Waals surface area contributed by atoms with Gasteiger partial charge in [-0.15, -0.1) is 0 Å². The average molecular weight is 681 g/mol. The lowest BCUT2D eigenvalue weighted by atomic mass is 9.79. The minimum absolute atomic E-state index is 0.0491. The number of carbonyl (C=O) groups excluding carboxylic acids is 2. The van der Waals surface area contributed by atoms with Gasteiger partial charge in [-0.05, 0) is 72.9 Å². The molecule has 2 amide bonds. The maximum atomic E-state index is 14.2. The largest absolute Gasteiger partial charge is 0.508 e. The Kier molecular flexibility index (Phi) is 11.2. The second-order valence-electron chi connectivity index (χ2n) is 13.1. The summed E-state index contributed by atoms with van der Waals surface area (Å²) < 4.78 is 20.5. The molecule has 1 saturated heterocycles. The fraction of sp³-hybridized carbons (Fsp3) is 0.350. The molecule has 3 atom stereocenters. The number of phenolic OH excluding ortho intramolecular Hbond substituents is 1. The first-order valence-electron chi connectivity index (χ1n) is 17.0. The molecule has 1 aliphatic carbocycles. The van der Waals surface area contributed by atoms with Crippen LogP contribution in [0.15, 0.2) is 115 Å². The van der Waals surface area contributed by atoms with Gasteiger partial charge in [-0.1, -0.05) is 103 Å². The Morgan fingerprint density at radius 1 is 0.796 bits per heavy atom. The number of hydrogen-bond donors (Lipinski definition) is 3. The molecule has 8 nitrogen and oxygen atoms in total. The van der Waals surface area contributed by atoms with Crippen molar-refractivity contribution in [2.75, 3.05) is 12.4 Å². The van der Waals surface area contributed by atoms with E-state index in [4.69, 9.17) is 4.74 Å². The third kappa shape index (κ3) is 8.47. The van der Waals surface area contributed by atoms with E-state index < -0.39 is 33.8 Å². The number of carbonyl (C=O) groups is 2. The smallest absolute Gasteiger partial charge is 0.249 e. The molecule has 49 heavy (non-hydrogen) atoms. The van der Waals surface area contributed by atoms with Gasteiger partial charge >= 0.3 is 0 Å². The first-order valence-corrected chi connectivity index (χ1v) is 18.4.